The van der Waals surface area contributed by atoms with E-state index < -0.39 is 23.1 Å². The van der Waals surface area contributed by atoms with E-state index in [1.54, 1.807) is 0 Å². The molecule has 1 aromatic carbocycles. The minimum absolute atomic E-state index is 0. The van der Waals surface area contributed by atoms with E-state index in [9.17, 15) is 13.6 Å². The van der Waals surface area contributed by atoms with Gasteiger partial charge in [-0.3, -0.25) is 9.69 Å². The molecule has 106 valence electrons. The largest absolute Gasteiger partial charge is 1.00 e. The van der Waals surface area contributed by atoms with Crippen LogP contribution in [0.25, 0.3) is 0 Å². The second-order valence-electron chi connectivity index (χ2n) is 4.46. The lowest BCUT2D eigenvalue weighted by Gasteiger charge is -2.28. The zero-order valence-corrected chi connectivity index (χ0v) is 11.3. The zero-order chi connectivity index (χ0) is 13.1. The van der Waals surface area contributed by atoms with Gasteiger partial charge >= 0.3 is 5.91 Å². The molecule has 0 bridgehead atoms. The fourth-order valence-corrected chi connectivity index (χ4v) is 1.95. The first kappa shape index (κ1) is 15.8. The number of halogens is 3. The van der Waals surface area contributed by atoms with Gasteiger partial charge in [-0.2, -0.15) is 5.43 Å². The van der Waals surface area contributed by atoms with Gasteiger partial charge in [-0.05, 0) is 19.2 Å². The number of rotatable bonds is 2. The van der Waals surface area contributed by atoms with Crippen molar-refractivity contribution in [1.82, 2.24) is 10.3 Å². The number of benzene rings is 1. The van der Waals surface area contributed by atoms with Crippen molar-refractivity contribution in [3.05, 3.63) is 35.4 Å². The number of nitrogens with one attached hydrogen (secondary N) is 2. The number of amides is 1. The first-order chi connectivity index (χ1) is 8.58. The van der Waals surface area contributed by atoms with Gasteiger partial charge in [0, 0.05) is 13.1 Å². The molecule has 0 radical (unpaired) electrons. The summed E-state index contributed by atoms with van der Waals surface area (Å²) in [6, 6.07) is 3.40. The second-order valence-corrected chi connectivity index (χ2v) is 4.46. The summed E-state index contributed by atoms with van der Waals surface area (Å²) >= 11 is 0. The number of likely N-dealkylation sites (N-methyl/N-ethyl adjacent to an activating group) is 1. The topological polar surface area (TPSA) is 36.8 Å². The van der Waals surface area contributed by atoms with Crippen molar-refractivity contribution in [3.63, 3.8) is 0 Å². The van der Waals surface area contributed by atoms with Crippen LogP contribution in [0.2, 0.25) is 0 Å². The predicted octanol–water partition coefficient (Wildman–Crippen LogP) is -3.56. The van der Waals surface area contributed by atoms with E-state index in [2.05, 4.69) is 10.3 Å². The Balaban J connectivity index is 0.00000180. The summed E-state index contributed by atoms with van der Waals surface area (Å²) in [4.78, 5) is 13.9. The molecule has 1 amide bonds. The second kappa shape index (κ2) is 6.79. The average molecular weight is 292 g/mol. The molecular formula is C12H16ClF2N3O. The summed E-state index contributed by atoms with van der Waals surface area (Å²) in [5.74, 6) is -2.37. The molecule has 1 aliphatic rings. The molecule has 2 N–H and O–H groups in total. The number of hydrogen-bond donors (Lipinski definition) is 2. The molecule has 1 heterocycles. The van der Waals surface area contributed by atoms with Crippen molar-refractivity contribution in [3.8, 4) is 0 Å². The first-order valence-corrected chi connectivity index (χ1v) is 5.86. The smallest absolute Gasteiger partial charge is 0.301 e. The van der Waals surface area contributed by atoms with Gasteiger partial charge in [0.2, 0.25) is 0 Å². The highest BCUT2D eigenvalue weighted by atomic mass is 35.5. The van der Waals surface area contributed by atoms with Crippen LogP contribution in [0.4, 0.5) is 8.78 Å². The molecular weight excluding hydrogens is 276 g/mol. The minimum atomic E-state index is -0.832. The van der Waals surface area contributed by atoms with Gasteiger partial charge in [0.05, 0.1) is 0 Å². The van der Waals surface area contributed by atoms with Crippen molar-refractivity contribution in [1.29, 1.82) is 0 Å². The van der Waals surface area contributed by atoms with Crippen molar-refractivity contribution in [2.75, 3.05) is 33.2 Å². The van der Waals surface area contributed by atoms with Crippen LogP contribution in [0.15, 0.2) is 18.2 Å². The van der Waals surface area contributed by atoms with Gasteiger partial charge in [-0.1, -0.05) is 6.07 Å². The van der Waals surface area contributed by atoms with Crippen LogP contribution in [0, 0.1) is 11.6 Å². The molecule has 1 aromatic rings. The molecule has 0 unspecified atom stereocenters. The fraction of sp³-hybridized carbons (Fsp3) is 0.417. The Morgan fingerprint density at radius 2 is 1.79 bits per heavy atom. The van der Waals surface area contributed by atoms with Gasteiger partial charge in [-0.25, -0.2) is 13.8 Å². The van der Waals surface area contributed by atoms with E-state index in [1.165, 1.54) is 6.07 Å². The summed E-state index contributed by atoms with van der Waals surface area (Å²) in [5, 5.41) is 0.834. The van der Waals surface area contributed by atoms with Crippen LogP contribution in [-0.4, -0.2) is 44.0 Å². The van der Waals surface area contributed by atoms with Crippen LogP contribution in [0.3, 0.4) is 0 Å². The molecule has 1 saturated heterocycles. The molecule has 19 heavy (non-hydrogen) atoms. The van der Waals surface area contributed by atoms with Gasteiger partial charge in [0.25, 0.3) is 0 Å². The van der Waals surface area contributed by atoms with E-state index in [0.717, 1.165) is 43.3 Å². The number of piperazine rings is 1. The lowest BCUT2D eigenvalue weighted by molar-refractivity contribution is -0.939. The number of carbonyl (C=O) groups excluding carboxylic acids is 1. The van der Waals surface area contributed by atoms with Crippen molar-refractivity contribution in [2.24, 2.45) is 0 Å². The summed E-state index contributed by atoms with van der Waals surface area (Å²) in [6.45, 7) is 3.13. The molecule has 0 aliphatic carbocycles. The Morgan fingerprint density at radius 3 is 2.32 bits per heavy atom. The minimum Gasteiger partial charge on any atom is -1.00 e. The maximum atomic E-state index is 13.4. The molecule has 0 atom stereocenters. The number of hydrogen-bond acceptors (Lipinski definition) is 2. The van der Waals surface area contributed by atoms with Crippen LogP contribution in [-0.2, 0) is 0 Å². The molecule has 4 nitrogen and oxygen atoms in total. The van der Waals surface area contributed by atoms with Gasteiger partial charge in [-0.15, -0.1) is 0 Å². The van der Waals surface area contributed by atoms with Crippen molar-refractivity contribution >= 4 is 5.91 Å². The normalized spacial score (nSPS) is 16.8. The third kappa shape index (κ3) is 3.86. The van der Waals surface area contributed by atoms with Gasteiger partial charge in [0.1, 0.15) is 30.3 Å². The van der Waals surface area contributed by atoms with E-state index in [0.29, 0.717) is 0 Å². The molecule has 7 heteroatoms. The summed E-state index contributed by atoms with van der Waals surface area (Å²) < 4.78 is 26.8. The van der Waals surface area contributed by atoms with Crippen LogP contribution >= 0.6 is 0 Å². The molecule has 0 aromatic heterocycles. The average Bonchev–Trinajstić information content (AvgIpc) is 2.32. The Hall–Kier alpha value is -1.24. The zero-order valence-electron chi connectivity index (χ0n) is 10.5. The maximum absolute atomic E-state index is 13.4. The Labute approximate surface area is 116 Å². The highest BCUT2D eigenvalue weighted by Gasteiger charge is 2.23. The molecule has 0 saturated carbocycles. The molecule has 1 fully saturated rings. The lowest BCUT2D eigenvalue weighted by Crippen LogP contribution is -3.21. The monoisotopic (exact) mass is 291 g/mol. The van der Waals surface area contributed by atoms with Crippen molar-refractivity contribution < 1.29 is 31.0 Å². The van der Waals surface area contributed by atoms with Gasteiger partial charge in [0.15, 0.2) is 0 Å². The molecule has 0 spiro atoms. The quantitative estimate of drug-likeness (QED) is 0.592. The standard InChI is InChI=1S/C12H15F2N3O.ClH/c1-16-5-7-17(8-6-16)15-12(18)11-9(13)3-2-4-10(11)14;/h2-4H,5-8H2,1H3,(H,15,18);1H. The molecule has 1 aliphatic heterocycles. The first-order valence-electron chi connectivity index (χ1n) is 5.86. The van der Waals surface area contributed by atoms with Crippen molar-refractivity contribution in [2.45, 2.75) is 0 Å². The lowest BCUT2D eigenvalue weighted by atomic mass is 10.2. The van der Waals surface area contributed by atoms with Gasteiger partial charge < -0.3 is 12.4 Å². The molecule has 2 rings (SSSR count). The number of nitrogens with zero attached hydrogens (tertiary/aromatic N) is 1. The van der Waals surface area contributed by atoms with Crippen LogP contribution < -0.4 is 22.8 Å². The number of carbonyl (C=O) groups is 1. The Kier molecular flexibility index (Phi) is 5.65. The van der Waals surface area contributed by atoms with E-state index in [4.69, 9.17) is 0 Å². The summed E-state index contributed by atoms with van der Waals surface area (Å²) in [5.41, 5.74) is 2.10. The Bertz CT molecular complexity index is 430. The summed E-state index contributed by atoms with van der Waals surface area (Å²) in [6.07, 6.45) is 0. The Morgan fingerprint density at radius 1 is 1.26 bits per heavy atom. The maximum Gasteiger partial charge on any atom is 0.301 e. The number of quaternary nitrogens is 1. The third-order valence-corrected chi connectivity index (χ3v) is 3.07. The highest BCUT2D eigenvalue weighted by Crippen LogP contribution is 2.10. The fourth-order valence-electron chi connectivity index (χ4n) is 1.95. The SMILES string of the molecule is CN1CC[NH+](NC(=O)c2c(F)cccc2F)CC1.[Cl-]. The highest BCUT2D eigenvalue weighted by molar-refractivity contribution is 5.93. The summed E-state index contributed by atoms with van der Waals surface area (Å²) in [7, 11) is 2.00. The predicted molar refractivity (Wildman–Crippen MR) is 62.0 cm³/mol. The van der Waals surface area contributed by atoms with Crippen LogP contribution in [0.5, 0.6) is 0 Å². The van der Waals surface area contributed by atoms with E-state index in [1.807, 2.05) is 7.05 Å². The van der Waals surface area contributed by atoms with E-state index in [-0.39, 0.29) is 12.4 Å². The van der Waals surface area contributed by atoms with Crippen LogP contribution in [0.1, 0.15) is 10.4 Å². The van der Waals surface area contributed by atoms with E-state index >= 15 is 0 Å². The third-order valence-electron chi connectivity index (χ3n) is 3.07.